The van der Waals surface area contributed by atoms with Crippen molar-refractivity contribution in [2.24, 2.45) is 0 Å². The molecule has 0 N–H and O–H groups in total. The Bertz CT molecular complexity index is 1340. The zero-order valence-electron chi connectivity index (χ0n) is 18.1. The van der Waals surface area contributed by atoms with Gasteiger partial charge in [-0.25, -0.2) is 17.8 Å². The number of carbonyl (C=O) groups excluding carboxylic acids is 1. The first-order valence-electron chi connectivity index (χ1n) is 10.7. The second-order valence-corrected chi connectivity index (χ2v) is 9.90. The molecule has 1 aliphatic heterocycles. The maximum atomic E-state index is 13.4. The first kappa shape index (κ1) is 23.1. The van der Waals surface area contributed by atoms with E-state index in [1.165, 1.54) is 33.1 Å². The van der Waals surface area contributed by atoms with Crippen LogP contribution in [0.5, 0.6) is 0 Å². The number of hydrogen-bond acceptors (Lipinski definition) is 6. The SMILES string of the molecule is CCCS(=O)(=O)N1CCC[C@H]1C(=O)OCc1nc2ccccc2c(=O)n1-c1ccc(F)cc1. The van der Waals surface area contributed by atoms with E-state index in [1.54, 1.807) is 31.2 Å². The van der Waals surface area contributed by atoms with Crippen LogP contribution in [0.15, 0.2) is 53.3 Å². The molecule has 1 aliphatic rings. The molecule has 4 rings (SSSR count). The van der Waals surface area contributed by atoms with Gasteiger partial charge in [0.25, 0.3) is 5.56 Å². The minimum Gasteiger partial charge on any atom is -0.456 e. The van der Waals surface area contributed by atoms with Crippen LogP contribution in [0.3, 0.4) is 0 Å². The molecule has 1 atom stereocenters. The second-order valence-electron chi connectivity index (χ2n) is 7.85. The van der Waals surface area contributed by atoms with Crippen LogP contribution in [0.2, 0.25) is 0 Å². The van der Waals surface area contributed by atoms with Crippen LogP contribution in [-0.4, -0.2) is 46.6 Å². The van der Waals surface area contributed by atoms with Gasteiger partial charge in [0, 0.05) is 6.54 Å². The van der Waals surface area contributed by atoms with Gasteiger partial charge in [-0.2, -0.15) is 4.31 Å². The Balaban J connectivity index is 1.66. The lowest BCUT2D eigenvalue weighted by molar-refractivity contribution is -0.149. The number of halogens is 1. The summed E-state index contributed by atoms with van der Waals surface area (Å²) in [5.41, 5.74) is 0.421. The molecule has 1 saturated heterocycles. The van der Waals surface area contributed by atoms with Crippen LogP contribution in [0.4, 0.5) is 4.39 Å². The summed E-state index contributed by atoms with van der Waals surface area (Å²) >= 11 is 0. The van der Waals surface area contributed by atoms with E-state index in [0.29, 0.717) is 35.9 Å². The fourth-order valence-electron chi connectivity index (χ4n) is 4.05. The zero-order valence-corrected chi connectivity index (χ0v) is 18.9. The molecule has 2 aromatic carbocycles. The molecule has 0 radical (unpaired) electrons. The minimum absolute atomic E-state index is 0.0346. The Hall–Kier alpha value is -3.11. The first-order chi connectivity index (χ1) is 15.8. The number of rotatable bonds is 7. The van der Waals surface area contributed by atoms with E-state index in [-0.39, 0.29) is 30.3 Å². The van der Waals surface area contributed by atoms with Gasteiger partial charge in [0.2, 0.25) is 10.0 Å². The molecule has 3 aromatic rings. The van der Waals surface area contributed by atoms with Crippen LogP contribution in [0.1, 0.15) is 32.0 Å². The normalized spacial score (nSPS) is 16.8. The van der Waals surface area contributed by atoms with E-state index in [9.17, 15) is 22.4 Å². The molecule has 0 saturated carbocycles. The molecule has 33 heavy (non-hydrogen) atoms. The second kappa shape index (κ2) is 9.40. The van der Waals surface area contributed by atoms with Gasteiger partial charge < -0.3 is 4.74 Å². The highest BCUT2D eigenvalue weighted by Crippen LogP contribution is 2.23. The largest absolute Gasteiger partial charge is 0.456 e. The van der Waals surface area contributed by atoms with Crippen molar-refractivity contribution in [3.05, 3.63) is 70.5 Å². The van der Waals surface area contributed by atoms with Gasteiger partial charge in [-0.15, -0.1) is 0 Å². The lowest BCUT2D eigenvalue weighted by atomic mass is 10.2. The van der Waals surface area contributed by atoms with Crippen molar-refractivity contribution in [2.45, 2.75) is 38.8 Å². The summed E-state index contributed by atoms with van der Waals surface area (Å²) in [6, 6.07) is 11.2. The lowest BCUT2D eigenvalue weighted by Crippen LogP contribution is -2.42. The fraction of sp³-hybridized carbons (Fsp3) is 0.348. The highest BCUT2D eigenvalue weighted by molar-refractivity contribution is 7.89. The topological polar surface area (TPSA) is 98.6 Å². The Labute approximate surface area is 190 Å². The van der Waals surface area contributed by atoms with Gasteiger partial charge in [0.05, 0.1) is 22.3 Å². The smallest absolute Gasteiger partial charge is 0.324 e. The molecule has 0 spiro atoms. The number of hydrogen-bond donors (Lipinski definition) is 0. The molecule has 1 aromatic heterocycles. The average molecular weight is 474 g/mol. The number of carbonyl (C=O) groups is 1. The quantitative estimate of drug-likeness (QED) is 0.490. The third-order valence-electron chi connectivity index (χ3n) is 5.57. The van der Waals surface area contributed by atoms with Crippen LogP contribution in [0.25, 0.3) is 16.6 Å². The molecule has 1 fully saturated rings. The van der Waals surface area contributed by atoms with E-state index in [2.05, 4.69) is 4.98 Å². The number of nitrogens with zero attached hydrogens (tertiary/aromatic N) is 3. The number of sulfonamides is 1. The van der Waals surface area contributed by atoms with Crippen molar-refractivity contribution in [2.75, 3.05) is 12.3 Å². The van der Waals surface area contributed by atoms with Gasteiger partial charge >= 0.3 is 5.97 Å². The molecule has 10 heteroatoms. The maximum absolute atomic E-state index is 13.4. The van der Waals surface area contributed by atoms with Crippen molar-refractivity contribution >= 4 is 26.9 Å². The van der Waals surface area contributed by atoms with Gasteiger partial charge in [-0.3, -0.25) is 14.2 Å². The molecule has 0 unspecified atom stereocenters. The van der Waals surface area contributed by atoms with Crippen LogP contribution < -0.4 is 5.56 Å². The molecule has 0 amide bonds. The molecule has 0 aliphatic carbocycles. The van der Waals surface area contributed by atoms with E-state index in [1.807, 2.05) is 0 Å². The van der Waals surface area contributed by atoms with Gasteiger partial charge in [0.1, 0.15) is 18.5 Å². The van der Waals surface area contributed by atoms with Crippen LogP contribution in [-0.2, 0) is 26.2 Å². The summed E-state index contributed by atoms with van der Waals surface area (Å²) in [5.74, 6) is -1.02. The molecular formula is C23H24FN3O5S. The predicted molar refractivity (Wildman–Crippen MR) is 121 cm³/mol. The number of esters is 1. The summed E-state index contributed by atoms with van der Waals surface area (Å²) in [6.45, 7) is 1.70. The van der Waals surface area contributed by atoms with E-state index < -0.39 is 27.9 Å². The van der Waals surface area contributed by atoms with Gasteiger partial charge in [-0.1, -0.05) is 19.1 Å². The Kier molecular flexibility index (Phi) is 6.57. The summed E-state index contributed by atoms with van der Waals surface area (Å²) in [6.07, 6.45) is 1.39. The standard InChI is InChI=1S/C23H24FN3O5S/c1-2-14-33(30,31)26-13-5-8-20(26)23(29)32-15-21-25-19-7-4-3-6-18(19)22(28)27(21)17-11-9-16(24)10-12-17/h3-4,6-7,9-12,20H,2,5,8,13-15H2,1H3/t20-/m0/s1. The third kappa shape index (κ3) is 4.67. The molecular weight excluding hydrogens is 449 g/mol. The molecule has 0 bridgehead atoms. The van der Waals surface area contributed by atoms with E-state index in [4.69, 9.17) is 4.74 Å². The number of aromatic nitrogens is 2. The van der Waals surface area contributed by atoms with Crippen LogP contribution in [0, 0.1) is 5.82 Å². The van der Waals surface area contributed by atoms with Crippen molar-refractivity contribution in [3.63, 3.8) is 0 Å². The summed E-state index contributed by atoms with van der Waals surface area (Å²) < 4.78 is 46.4. The maximum Gasteiger partial charge on any atom is 0.324 e. The average Bonchev–Trinajstić information content (AvgIpc) is 3.30. The Morgan fingerprint density at radius 1 is 1.18 bits per heavy atom. The number of fused-ring (bicyclic) bond motifs is 1. The predicted octanol–water partition coefficient (Wildman–Crippen LogP) is 2.77. The Morgan fingerprint density at radius 2 is 1.91 bits per heavy atom. The van der Waals surface area contributed by atoms with Gasteiger partial charge in [0.15, 0.2) is 5.82 Å². The number of benzene rings is 2. The third-order valence-corrected chi connectivity index (χ3v) is 7.64. The highest BCUT2D eigenvalue weighted by atomic mass is 32.2. The van der Waals surface area contributed by atoms with Crippen molar-refractivity contribution in [1.29, 1.82) is 0 Å². The van der Waals surface area contributed by atoms with Gasteiger partial charge in [-0.05, 0) is 55.7 Å². The Morgan fingerprint density at radius 3 is 2.64 bits per heavy atom. The fourth-order valence-corrected chi connectivity index (χ4v) is 5.78. The molecule has 2 heterocycles. The highest BCUT2D eigenvalue weighted by Gasteiger charge is 2.39. The summed E-state index contributed by atoms with van der Waals surface area (Å²) in [5, 5.41) is 0.365. The molecule has 8 nitrogen and oxygen atoms in total. The van der Waals surface area contributed by atoms with Crippen molar-refractivity contribution < 1.29 is 22.3 Å². The summed E-state index contributed by atoms with van der Waals surface area (Å²) in [4.78, 5) is 30.5. The van der Waals surface area contributed by atoms with E-state index >= 15 is 0 Å². The lowest BCUT2D eigenvalue weighted by Gasteiger charge is -2.22. The zero-order chi connectivity index (χ0) is 23.6. The number of ether oxygens (including phenoxy) is 1. The molecule has 174 valence electrons. The monoisotopic (exact) mass is 473 g/mol. The van der Waals surface area contributed by atoms with E-state index in [0.717, 1.165) is 0 Å². The first-order valence-corrected chi connectivity index (χ1v) is 12.4. The summed E-state index contributed by atoms with van der Waals surface area (Å²) in [7, 11) is -3.55. The minimum atomic E-state index is -3.55. The van der Waals surface area contributed by atoms with Crippen LogP contribution >= 0.6 is 0 Å². The van der Waals surface area contributed by atoms with Crippen molar-refractivity contribution in [1.82, 2.24) is 13.9 Å². The number of para-hydroxylation sites is 1. The van der Waals surface area contributed by atoms with Crippen molar-refractivity contribution in [3.8, 4) is 5.69 Å².